The van der Waals surface area contributed by atoms with Crippen molar-refractivity contribution >= 4 is 54.6 Å². The second-order valence-electron chi connectivity index (χ2n) is 5.72. The van der Waals surface area contributed by atoms with E-state index in [0.29, 0.717) is 31.4 Å². The van der Waals surface area contributed by atoms with Crippen LogP contribution in [0.5, 0.6) is 0 Å². The predicted octanol–water partition coefficient (Wildman–Crippen LogP) is 6.24. The molecule has 0 aliphatic carbocycles. The van der Waals surface area contributed by atoms with Crippen molar-refractivity contribution in [2.75, 3.05) is 0 Å². The summed E-state index contributed by atoms with van der Waals surface area (Å²) in [6.07, 6.45) is 0. The molecule has 0 aliphatic heterocycles. The van der Waals surface area contributed by atoms with Crippen molar-refractivity contribution in [1.29, 1.82) is 0 Å². The molecule has 0 fully saturated rings. The molecule has 2 heterocycles. The van der Waals surface area contributed by atoms with Crippen LogP contribution in [0.15, 0.2) is 69.8 Å². The van der Waals surface area contributed by atoms with E-state index in [1.807, 2.05) is 0 Å². The minimum atomic E-state index is -3.85. The van der Waals surface area contributed by atoms with Crippen LogP contribution >= 0.6 is 34.5 Å². The average molecular weight is 438 g/mol. The molecule has 3 nitrogen and oxygen atoms in total. The van der Waals surface area contributed by atoms with Gasteiger partial charge in [-0.2, -0.15) is 4.39 Å². The van der Waals surface area contributed by atoms with E-state index in [1.54, 1.807) is 30.3 Å². The molecule has 0 saturated heterocycles. The fourth-order valence-electron chi connectivity index (χ4n) is 2.73. The lowest BCUT2D eigenvalue weighted by molar-refractivity contribution is 0.589. The van der Waals surface area contributed by atoms with Gasteiger partial charge in [-0.25, -0.2) is 13.4 Å². The van der Waals surface area contributed by atoms with E-state index in [1.165, 1.54) is 30.3 Å². The van der Waals surface area contributed by atoms with Crippen molar-refractivity contribution in [3.8, 4) is 11.1 Å². The topological polar surface area (TPSA) is 47.0 Å². The zero-order chi connectivity index (χ0) is 19.2. The molecule has 0 unspecified atom stereocenters. The molecule has 2 aromatic carbocycles. The van der Waals surface area contributed by atoms with E-state index < -0.39 is 15.8 Å². The molecule has 0 N–H and O–H groups in total. The maximum Gasteiger partial charge on any atom is 0.216 e. The standard InChI is InChI=1S/C19H10Cl2FNO2S2/c20-12-3-1-11(2-4-12)17-15-9-10-16(22)23-18(15)26-19(17)27(24,25)14-7-5-13(21)6-8-14/h1-10H. The SMILES string of the molecule is O=S(=O)(c1ccc(Cl)cc1)c1sc2nc(F)ccc2c1-c1ccc(Cl)cc1. The Morgan fingerprint density at radius 2 is 1.44 bits per heavy atom. The van der Waals surface area contributed by atoms with Crippen LogP contribution in [0.4, 0.5) is 4.39 Å². The second-order valence-corrected chi connectivity index (χ2v) is 9.73. The number of halogens is 3. The molecule has 0 saturated carbocycles. The smallest absolute Gasteiger partial charge is 0.216 e. The zero-order valence-corrected chi connectivity index (χ0v) is 16.6. The molecule has 4 rings (SSSR count). The Kier molecular flexibility index (Phi) is 4.68. The Morgan fingerprint density at radius 3 is 2.07 bits per heavy atom. The molecule has 0 spiro atoms. The summed E-state index contributed by atoms with van der Waals surface area (Å²) in [5.74, 6) is -0.665. The van der Waals surface area contributed by atoms with Gasteiger partial charge in [0.15, 0.2) is 0 Å². The van der Waals surface area contributed by atoms with Crippen molar-refractivity contribution in [2.45, 2.75) is 9.10 Å². The van der Waals surface area contributed by atoms with Gasteiger partial charge in [-0.05, 0) is 54.1 Å². The van der Waals surface area contributed by atoms with E-state index in [2.05, 4.69) is 4.98 Å². The summed E-state index contributed by atoms with van der Waals surface area (Å²) in [5.41, 5.74) is 1.14. The highest BCUT2D eigenvalue weighted by atomic mass is 35.5. The summed E-state index contributed by atoms with van der Waals surface area (Å²) >= 11 is 12.8. The van der Waals surface area contributed by atoms with Crippen molar-refractivity contribution in [2.24, 2.45) is 0 Å². The van der Waals surface area contributed by atoms with Gasteiger partial charge in [0.25, 0.3) is 0 Å². The van der Waals surface area contributed by atoms with Crippen LogP contribution < -0.4 is 0 Å². The molecular weight excluding hydrogens is 428 g/mol. The van der Waals surface area contributed by atoms with Crippen molar-refractivity contribution < 1.29 is 12.8 Å². The number of rotatable bonds is 3. The molecule has 4 aromatic rings. The molecule has 8 heteroatoms. The van der Waals surface area contributed by atoms with Gasteiger partial charge in [-0.3, -0.25) is 0 Å². The normalized spacial score (nSPS) is 11.8. The maximum atomic E-state index is 13.6. The Morgan fingerprint density at radius 1 is 0.852 bits per heavy atom. The number of nitrogens with zero attached hydrogens (tertiary/aromatic N) is 1. The first kappa shape index (κ1) is 18.4. The summed E-state index contributed by atoms with van der Waals surface area (Å²) in [6, 6.07) is 15.5. The number of pyridine rings is 1. The van der Waals surface area contributed by atoms with E-state index in [-0.39, 0.29) is 9.10 Å². The molecule has 0 aliphatic rings. The van der Waals surface area contributed by atoms with Gasteiger partial charge >= 0.3 is 0 Å². The first-order chi connectivity index (χ1) is 12.9. The van der Waals surface area contributed by atoms with Gasteiger partial charge in [-0.1, -0.05) is 35.3 Å². The molecule has 0 radical (unpaired) electrons. The monoisotopic (exact) mass is 437 g/mol. The Hall–Kier alpha value is -1.99. The predicted molar refractivity (Wildman–Crippen MR) is 107 cm³/mol. The fraction of sp³-hybridized carbons (Fsp3) is 0. The van der Waals surface area contributed by atoms with Gasteiger partial charge in [0.1, 0.15) is 9.04 Å². The number of thiophene rings is 1. The first-order valence-corrected chi connectivity index (χ1v) is 10.8. The van der Waals surface area contributed by atoms with Crippen LogP contribution in [0.3, 0.4) is 0 Å². The molecular formula is C19H10Cl2FNO2S2. The van der Waals surface area contributed by atoms with Gasteiger partial charge in [0.2, 0.25) is 15.8 Å². The molecule has 0 bridgehead atoms. The Labute approximate surface area is 168 Å². The van der Waals surface area contributed by atoms with Gasteiger partial charge in [0.05, 0.1) is 4.90 Å². The first-order valence-electron chi connectivity index (χ1n) is 7.72. The summed E-state index contributed by atoms with van der Waals surface area (Å²) in [5, 5.41) is 1.53. The number of benzene rings is 2. The van der Waals surface area contributed by atoms with E-state index >= 15 is 0 Å². The highest BCUT2D eigenvalue weighted by molar-refractivity contribution is 7.93. The number of hydrogen-bond acceptors (Lipinski definition) is 4. The van der Waals surface area contributed by atoms with Crippen LogP contribution in [0.1, 0.15) is 0 Å². The fourth-order valence-corrected chi connectivity index (χ4v) is 6.07. The highest BCUT2D eigenvalue weighted by Crippen LogP contribution is 2.43. The minimum absolute atomic E-state index is 0.0974. The third kappa shape index (κ3) is 3.34. The van der Waals surface area contributed by atoms with Gasteiger partial charge in [-0.15, -0.1) is 11.3 Å². The van der Waals surface area contributed by atoms with Crippen LogP contribution in [0, 0.1) is 5.95 Å². The molecule has 0 amide bonds. The maximum absolute atomic E-state index is 13.6. The van der Waals surface area contributed by atoms with Crippen molar-refractivity contribution in [1.82, 2.24) is 4.98 Å². The summed E-state index contributed by atoms with van der Waals surface area (Å²) in [6.45, 7) is 0. The van der Waals surface area contributed by atoms with Crippen LogP contribution in [0.2, 0.25) is 10.0 Å². The van der Waals surface area contributed by atoms with Gasteiger partial charge < -0.3 is 0 Å². The Balaban J connectivity index is 2.03. The number of fused-ring (bicyclic) bond motifs is 1. The third-order valence-corrected chi connectivity index (χ3v) is 7.88. The molecule has 136 valence electrons. The molecule has 2 aromatic heterocycles. The molecule has 0 atom stereocenters. The molecule has 27 heavy (non-hydrogen) atoms. The van der Waals surface area contributed by atoms with E-state index in [0.717, 1.165) is 11.3 Å². The number of sulfone groups is 1. The van der Waals surface area contributed by atoms with E-state index in [4.69, 9.17) is 23.2 Å². The van der Waals surface area contributed by atoms with Crippen LogP contribution in [-0.2, 0) is 9.84 Å². The highest BCUT2D eigenvalue weighted by Gasteiger charge is 2.27. The minimum Gasteiger partial charge on any atom is -0.218 e. The van der Waals surface area contributed by atoms with Crippen molar-refractivity contribution in [3.63, 3.8) is 0 Å². The van der Waals surface area contributed by atoms with Crippen LogP contribution in [-0.4, -0.2) is 13.4 Å². The lowest BCUT2D eigenvalue weighted by Crippen LogP contribution is -2.01. The third-order valence-electron chi connectivity index (χ3n) is 3.99. The summed E-state index contributed by atoms with van der Waals surface area (Å²) in [7, 11) is -3.85. The van der Waals surface area contributed by atoms with E-state index in [9.17, 15) is 12.8 Å². The van der Waals surface area contributed by atoms with Gasteiger partial charge in [0, 0.05) is 21.0 Å². The number of aromatic nitrogens is 1. The second kappa shape index (κ2) is 6.87. The average Bonchev–Trinajstić information content (AvgIpc) is 3.02. The largest absolute Gasteiger partial charge is 0.218 e. The summed E-state index contributed by atoms with van der Waals surface area (Å²) in [4.78, 5) is 4.28. The zero-order valence-electron chi connectivity index (χ0n) is 13.5. The lowest BCUT2D eigenvalue weighted by Gasteiger charge is -2.07. The quantitative estimate of drug-likeness (QED) is 0.356. The van der Waals surface area contributed by atoms with Crippen LogP contribution in [0.25, 0.3) is 21.3 Å². The number of hydrogen-bond donors (Lipinski definition) is 0. The van der Waals surface area contributed by atoms with Crippen molar-refractivity contribution in [3.05, 3.63) is 76.7 Å². The Bertz CT molecular complexity index is 1250. The summed E-state index contributed by atoms with van der Waals surface area (Å²) < 4.78 is 40.3. The lowest BCUT2D eigenvalue weighted by atomic mass is 10.1.